The molecule has 1 aliphatic heterocycles. The largest absolute Gasteiger partial charge is 0.458 e. The number of aromatic nitrogens is 1. The van der Waals surface area contributed by atoms with Crippen LogP contribution in [0.15, 0.2) is 21.8 Å². The van der Waals surface area contributed by atoms with E-state index in [1.807, 2.05) is 33.8 Å². The molecule has 1 aromatic heterocycles. The number of hydrogen-bond acceptors (Lipinski definition) is 4. The number of aromatic amines is 1. The first-order valence-corrected chi connectivity index (χ1v) is 13.6. The number of aldehydes is 1. The molecule has 0 amide bonds. The van der Waals surface area contributed by atoms with E-state index in [9.17, 15) is 9.59 Å². The maximum Gasteiger partial charge on any atom is 0.340 e. The summed E-state index contributed by atoms with van der Waals surface area (Å²) in [6, 6.07) is 0. The van der Waals surface area contributed by atoms with Crippen molar-refractivity contribution in [1.82, 2.24) is 4.98 Å². The van der Waals surface area contributed by atoms with Gasteiger partial charge in [-0.2, -0.15) is 0 Å². The number of H-pyrrole nitrogens is 1. The van der Waals surface area contributed by atoms with Crippen molar-refractivity contribution in [3.05, 3.63) is 39.4 Å². The number of esters is 1. The first-order chi connectivity index (χ1) is 16.7. The van der Waals surface area contributed by atoms with Gasteiger partial charge in [-0.1, -0.05) is 46.5 Å². The summed E-state index contributed by atoms with van der Waals surface area (Å²) in [4.78, 5) is 32.9. The van der Waals surface area contributed by atoms with Crippen molar-refractivity contribution in [1.29, 1.82) is 0 Å². The highest BCUT2D eigenvalue weighted by Gasteiger charge is 2.39. The molecule has 0 bridgehead atoms. The van der Waals surface area contributed by atoms with Crippen molar-refractivity contribution < 1.29 is 14.3 Å². The van der Waals surface area contributed by atoms with Crippen LogP contribution in [-0.4, -0.2) is 29.1 Å². The summed E-state index contributed by atoms with van der Waals surface area (Å²) in [6.07, 6.45) is 12.0. The molecule has 0 radical (unpaired) electrons. The molecule has 2 aliphatic rings. The van der Waals surface area contributed by atoms with Gasteiger partial charge in [0.1, 0.15) is 6.10 Å². The minimum absolute atomic E-state index is 0.00489. The predicted octanol–water partition coefficient (Wildman–Crippen LogP) is 7.53. The van der Waals surface area contributed by atoms with Crippen LogP contribution >= 0.6 is 0 Å². The molecule has 192 valence electrons. The zero-order valence-electron chi connectivity index (χ0n) is 22.8. The topological polar surface area (TPSA) is 71.5 Å². The summed E-state index contributed by atoms with van der Waals surface area (Å²) in [5.74, 6) is 1.35. The van der Waals surface area contributed by atoms with Gasteiger partial charge in [-0.05, 0) is 88.3 Å². The first-order valence-electron chi connectivity index (χ1n) is 13.6. The number of carbonyl (C=O) groups excluding carboxylic acids is 2. The van der Waals surface area contributed by atoms with Gasteiger partial charge in [0.05, 0.1) is 11.3 Å². The highest BCUT2D eigenvalue weighted by atomic mass is 16.5. The number of aryl methyl sites for hydroxylation is 1. The zero-order chi connectivity index (χ0) is 25.7. The van der Waals surface area contributed by atoms with E-state index in [0.29, 0.717) is 28.9 Å². The number of carbonyl (C=O) groups is 2. The SMILES string of the molecule is CCCCC1CC(C)CC(CCCC)C1OC(=O)c1c(C)[nH]c(C=C2N=C(C)C(C=O)=C2C)c1C. The number of rotatable bonds is 10. The highest BCUT2D eigenvalue weighted by molar-refractivity contribution is 6.17. The van der Waals surface area contributed by atoms with Gasteiger partial charge in [-0.3, -0.25) is 9.79 Å². The third-order valence-electron chi connectivity index (χ3n) is 7.98. The van der Waals surface area contributed by atoms with Crippen LogP contribution in [0.3, 0.4) is 0 Å². The lowest BCUT2D eigenvalue weighted by Crippen LogP contribution is -2.40. The van der Waals surface area contributed by atoms with Crippen LogP contribution in [0.4, 0.5) is 0 Å². The lowest BCUT2D eigenvalue weighted by atomic mass is 9.70. The van der Waals surface area contributed by atoms with Crippen LogP contribution in [0.1, 0.15) is 113 Å². The molecule has 1 N–H and O–H groups in total. The summed E-state index contributed by atoms with van der Waals surface area (Å²) < 4.78 is 6.40. The summed E-state index contributed by atoms with van der Waals surface area (Å²) in [5.41, 5.74) is 6.15. The molecule has 1 saturated carbocycles. The molecule has 0 saturated heterocycles. The van der Waals surface area contributed by atoms with Crippen molar-refractivity contribution in [2.45, 2.75) is 106 Å². The second-order valence-corrected chi connectivity index (χ2v) is 10.8. The van der Waals surface area contributed by atoms with Gasteiger partial charge in [0.2, 0.25) is 0 Å². The Labute approximate surface area is 211 Å². The second-order valence-electron chi connectivity index (χ2n) is 10.8. The van der Waals surface area contributed by atoms with Gasteiger partial charge in [0.15, 0.2) is 6.29 Å². The number of ether oxygens (including phenoxy) is 1. The highest BCUT2D eigenvalue weighted by Crippen LogP contribution is 2.41. The Morgan fingerprint density at radius 2 is 1.66 bits per heavy atom. The summed E-state index contributed by atoms with van der Waals surface area (Å²) in [5, 5.41) is 0. The molecule has 1 aromatic rings. The fourth-order valence-corrected chi connectivity index (χ4v) is 6.06. The van der Waals surface area contributed by atoms with Crippen LogP contribution in [0, 0.1) is 31.6 Å². The Balaban J connectivity index is 1.88. The Hall–Kier alpha value is -2.43. The van der Waals surface area contributed by atoms with Gasteiger partial charge < -0.3 is 9.72 Å². The number of allylic oxidation sites excluding steroid dienone is 2. The number of nitrogens with one attached hydrogen (secondary N) is 1. The summed E-state index contributed by atoms with van der Waals surface area (Å²) in [7, 11) is 0. The first kappa shape index (κ1) is 27.2. The molecule has 5 heteroatoms. The molecule has 35 heavy (non-hydrogen) atoms. The molecule has 2 atom stereocenters. The molecular formula is C30H44N2O3. The quantitative estimate of drug-likeness (QED) is 0.278. The van der Waals surface area contributed by atoms with Crippen molar-refractivity contribution in [2.24, 2.45) is 22.7 Å². The van der Waals surface area contributed by atoms with Crippen molar-refractivity contribution >= 4 is 24.0 Å². The maximum absolute atomic E-state index is 13.6. The van der Waals surface area contributed by atoms with E-state index < -0.39 is 0 Å². The normalized spacial score (nSPS) is 25.8. The third-order valence-corrected chi connectivity index (χ3v) is 7.98. The van der Waals surface area contributed by atoms with Crippen molar-refractivity contribution in [2.75, 3.05) is 0 Å². The Bertz CT molecular complexity index is 1010. The molecular weight excluding hydrogens is 436 g/mol. The summed E-state index contributed by atoms with van der Waals surface area (Å²) >= 11 is 0. The van der Waals surface area contributed by atoms with Crippen molar-refractivity contribution in [3.8, 4) is 0 Å². The van der Waals surface area contributed by atoms with Crippen LogP contribution in [0.25, 0.3) is 6.08 Å². The van der Waals surface area contributed by atoms with Gasteiger partial charge in [-0.15, -0.1) is 0 Å². The van der Waals surface area contributed by atoms with E-state index in [1.165, 1.54) is 25.7 Å². The van der Waals surface area contributed by atoms with Crippen LogP contribution in [0.2, 0.25) is 0 Å². The molecule has 3 rings (SSSR count). The molecule has 1 fully saturated rings. The van der Waals surface area contributed by atoms with Gasteiger partial charge >= 0.3 is 5.97 Å². The Kier molecular flexibility index (Phi) is 9.32. The minimum Gasteiger partial charge on any atom is -0.458 e. The van der Waals surface area contributed by atoms with Crippen LogP contribution in [0.5, 0.6) is 0 Å². The summed E-state index contributed by atoms with van der Waals surface area (Å²) in [6.45, 7) is 14.5. The molecule has 0 spiro atoms. The van der Waals surface area contributed by atoms with Gasteiger partial charge in [0.25, 0.3) is 0 Å². The van der Waals surface area contributed by atoms with E-state index >= 15 is 0 Å². The smallest absolute Gasteiger partial charge is 0.340 e. The minimum atomic E-state index is -0.213. The molecule has 2 unspecified atom stereocenters. The fraction of sp³-hybridized carbons (Fsp3) is 0.633. The monoisotopic (exact) mass is 480 g/mol. The van der Waals surface area contributed by atoms with E-state index in [1.54, 1.807) is 0 Å². The van der Waals surface area contributed by atoms with Gasteiger partial charge in [0, 0.05) is 22.7 Å². The third kappa shape index (κ3) is 6.05. The zero-order valence-corrected chi connectivity index (χ0v) is 22.8. The Morgan fingerprint density at radius 1 is 1.06 bits per heavy atom. The number of nitrogens with zero attached hydrogens (tertiary/aromatic N) is 1. The average molecular weight is 481 g/mol. The van der Waals surface area contributed by atoms with Crippen LogP contribution in [-0.2, 0) is 9.53 Å². The lowest BCUT2D eigenvalue weighted by Gasteiger charge is -2.41. The lowest BCUT2D eigenvalue weighted by molar-refractivity contribution is -0.104. The number of unbranched alkanes of at least 4 members (excludes halogenated alkanes) is 2. The molecule has 1 aliphatic carbocycles. The molecule has 0 aromatic carbocycles. The Morgan fingerprint density at radius 3 is 2.17 bits per heavy atom. The maximum atomic E-state index is 13.6. The second kappa shape index (κ2) is 12.0. The predicted molar refractivity (Wildman–Crippen MR) is 144 cm³/mol. The average Bonchev–Trinajstić information content (AvgIpc) is 3.25. The fourth-order valence-electron chi connectivity index (χ4n) is 6.06. The molecule has 2 heterocycles. The van der Waals surface area contributed by atoms with Crippen LogP contribution < -0.4 is 0 Å². The van der Waals surface area contributed by atoms with E-state index in [2.05, 4.69) is 30.7 Å². The standard InChI is InChI=1S/C30H44N2O3/c1-8-10-12-23-14-18(3)15-24(13-11-9-2)29(23)35-30(34)28-20(5)27(32-22(28)7)16-26-19(4)25(17-33)21(6)31-26/h16-18,23-24,29,32H,8-15H2,1-7H3. The van der Waals surface area contributed by atoms with Gasteiger partial charge in [-0.25, -0.2) is 4.79 Å². The number of aliphatic imine (C=N–C) groups is 1. The van der Waals surface area contributed by atoms with Crippen molar-refractivity contribution in [3.63, 3.8) is 0 Å². The van der Waals surface area contributed by atoms with E-state index in [0.717, 1.165) is 65.9 Å². The van der Waals surface area contributed by atoms with E-state index in [-0.39, 0.29) is 12.1 Å². The molecule has 5 nitrogen and oxygen atoms in total. The van der Waals surface area contributed by atoms with E-state index in [4.69, 9.17) is 4.74 Å². The number of hydrogen-bond donors (Lipinski definition) is 1.